The van der Waals surface area contributed by atoms with E-state index in [0.717, 1.165) is 47.1 Å². The van der Waals surface area contributed by atoms with Gasteiger partial charge in [-0.2, -0.15) is 0 Å². The lowest BCUT2D eigenvalue weighted by Crippen LogP contribution is -2.24. The van der Waals surface area contributed by atoms with Crippen molar-refractivity contribution in [2.75, 3.05) is 27.9 Å². The minimum Gasteiger partial charge on any atom is -0.388 e. The van der Waals surface area contributed by atoms with Gasteiger partial charge in [-0.05, 0) is 43.4 Å². The average Bonchev–Trinajstić information content (AvgIpc) is 3.37. The monoisotopic (exact) mass is 553 g/mol. The van der Waals surface area contributed by atoms with Crippen LogP contribution in [0.2, 0.25) is 0 Å². The molecule has 0 radical (unpaired) electrons. The van der Waals surface area contributed by atoms with Crippen LogP contribution < -0.4 is 10.7 Å². The summed E-state index contributed by atoms with van der Waals surface area (Å²) in [5.41, 5.74) is 2.31. The summed E-state index contributed by atoms with van der Waals surface area (Å²) in [7, 11) is 4.92. The largest absolute Gasteiger partial charge is 0.388 e. The van der Waals surface area contributed by atoms with Gasteiger partial charge in [0.1, 0.15) is 12.1 Å². The highest BCUT2D eigenvalue weighted by Gasteiger charge is 2.02. The van der Waals surface area contributed by atoms with Crippen LogP contribution in [-0.2, 0) is 14.3 Å². The average molecular weight is 554 g/mol. The molecule has 0 bridgehead atoms. The lowest BCUT2D eigenvalue weighted by atomic mass is 9.97. The number of hydrogen-bond donors (Lipinski definition) is 1. The molecule has 3 rings (SSSR count). The standard InChI is InChI=1S/C14H17N3O.C9H18O.C7H8.C2H6O.C2H6/c1-3-5-12-13(7-9-18-2)17-14(16-12)11-6-4-8-15-10-11;1-8(2)4-5-9(3)6-7-10;1-7-5-3-2-4-6-7;1-3-2;1-2/h4-8,10H,3,9H2,1-2H3,(H,16,17);7-9H,4-6H2,1-3H3;2-6H,1H3;1-2H3;1-2H3/b12-5+,13-7+;;;;. The molecular weight excluding hydrogens is 498 g/mol. The summed E-state index contributed by atoms with van der Waals surface area (Å²) in [4.78, 5) is 22.1. The fraction of sp³-hybridized carbons (Fsp3) is 0.500. The molecular formula is C34H55N3O3. The summed E-state index contributed by atoms with van der Waals surface area (Å²) in [6.07, 6.45) is 12.8. The van der Waals surface area contributed by atoms with E-state index in [1.165, 1.54) is 18.4 Å². The van der Waals surface area contributed by atoms with Crippen LogP contribution in [0, 0.1) is 18.8 Å². The molecule has 2 aromatic heterocycles. The number of rotatable bonds is 9. The second-order valence-electron chi connectivity index (χ2n) is 9.44. The fourth-order valence-electron chi connectivity index (χ4n) is 3.15. The number of aromatic nitrogens is 3. The van der Waals surface area contributed by atoms with E-state index in [1.54, 1.807) is 33.7 Å². The number of benzene rings is 1. The van der Waals surface area contributed by atoms with E-state index < -0.39 is 0 Å². The number of aldehydes is 1. The fourth-order valence-corrected chi connectivity index (χ4v) is 3.15. The molecule has 40 heavy (non-hydrogen) atoms. The van der Waals surface area contributed by atoms with Crippen molar-refractivity contribution in [3.05, 3.63) is 71.1 Å². The summed E-state index contributed by atoms with van der Waals surface area (Å²) in [6.45, 7) is 15.3. The van der Waals surface area contributed by atoms with Crippen LogP contribution in [0.1, 0.15) is 72.8 Å². The Morgan fingerprint density at radius 2 is 1.60 bits per heavy atom. The van der Waals surface area contributed by atoms with E-state index >= 15 is 0 Å². The van der Waals surface area contributed by atoms with Crippen molar-refractivity contribution in [2.45, 2.75) is 74.1 Å². The Morgan fingerprint density at radius 3 is 2.05 bits per heavy atom. The zero-order valence-corrected chi connectivity index (χ0v) is 26.7. The molecule has 3 aromatic rings. The molecule has 1 aromatic carbocycles. The predicted octanol–water partition coefficient (Wildman–Crippen LogP) is 7.02. The number of carbonyl (C=O) groups excluding carboxylic acids is 1. The highest BCUT2D eigenvalue weighted by Crippen LogP contribution is 2.13. The molecule has 0 aliphatic heterocycles. The first-order chi connectivity index (χ1) is 19.3. The molecule has 0 aliphatic carbocycles. The van der Waals surface area contributed by atoms with Crippen molar-refractivity contribution in [1.82, 2.24) is 15.0 Å². The third kappa shape index (κ3) is 20.8. The first-order valence-corrected chi connectivity index (χ1v) is 14.3. The lowest BCUT2D eigenvalue weighted by Gasteiger charge is -2.08. The number of aromatic amines is 1. The van der Waals surface area contributed by atoms with E-state index in [1.807, 2.05) is 50.3 Å². The van der Waals surface area contributed by atoms with Crippen molar-refractivity contribution in [1.29, 1.82) is 0 Å². The van der Waals surface area contributed by atoms with Crippen LogP contribution in [0.3, 0.4) is 0 Å². The van der Waals surface area contributed by atoms with Gasteiger partial charge in [-0.1, -0.05) is 96.4 Å². The summed E-state index contributed by atoms with van der Waals surface area (Å²) >= 11 is 0. The number of carbonyl (C=O) groups is 1. The number of pyridine rings is 1. The topological polar surface area (TPSA) is 77.1 Å². The molecule has 0 saturated heterocycles. The van der Waals surface area contributed by atoms with Crippen LogP contribution >= 0.6 is 0 Å². The molecule has 6 heteroatoms. The zero-order chi connectivity index (χ0) is 30.6. The third-order valence-electron chi connectivity index (χ3n) is 5.22. The summed E-state index contributed by atoms with van der Waals surface area (Å²) < 4.78 is 9.31. The molecule has 2 heterocycles. The molecule has 6 nitrogen and oxygen atoms in total. The van der Waals surface area contributed by atoms with E-state index in [9.17, 15) is 4.79 Å². The number of hydrogen-bond acceptors (Lipinski definition) is 5. The Balaban J connectivity index is 0. The summed E-state index contributed by atoms with van der Waals surface area (Å²) in [6, 6.07) is 14.2. The Hall–Kier alpha value is -3.09. The van der Waals surface area contributed by atoms with E-state index in [-0.39, 0.29) is 0 Å². The van der Waals surface area contributed by atoms with Gasteiger partial charge in [0, 0.05) is 45.7 Å². The molecule has 1 atom stereocenters. The maximum absolute atomic E-state index is 10.1. The molecule has 1 unspecified atom stereocenters. The highest BCUT2D eigenvalue weighted by atomic mass is 16.5. The molecule has 0 saturated carbocycles. The Bertz CT molecular complexity index is 1060. The smallest absolute Gasteiger partial charge is 0.140 e. The van der Waals surface area contributed by atoms with Gasteiger partial charge in [0.25, 0.3) is 0 Å². The number of ether oxygens (including phenoxy) is 2. The molecule has 1 N–H and O–H groups in total. The molecule has 0 fully saturated rings. The van der Waals surface area contributed by atoms with E-state index in [2.05, 4.69) is 72.5 Å². The minimum atomic E-state index is 0.557. The molecule has 0 amide bonds. The number of nitrogens with zero attached hydrogens (tertiary/aromatic N) is 2. The van der Waals surface area contributed by atoms with E-state index in [0.29, 0.717) is 12.5 Å². The normalized spacial score (nSPS) is 11.5. The number of H-pyrrole nitrogens is 1. The Morgan fingerprint density at radius 1 is 0.950 bits per heavy atom. The van der Waals surface area contributed by atoms with Crippen molar-refractivity contribution in [2.24, 2.45) is 11.8 Å². The van der Waals surface area contributed by atoms with Crippen molar-refractivity contribution < 1.29 is 14.3 Å². The van der Waals surface area contributed by atoms with Gasteiger partial charge in [0.2, 0.25) is 0 Å². The minimum absolute atomic E-state index is 0.557. The van der Waals surface area contributed by atoms with Gasteiger partial charge in [0.15, 0.2) is 0 Å². The summed E-state index contributed by atoms with van der Waals surface area (Å²) in [5.74, 6) is 2.19. The van der Waals surface area contributed by atoms with Gasteiger partial charge in [0.05, 0.1) is 17.3 Å². The predicted molar refractivity (Wildman–Crippen MR) is 172 cm³/mol. The second kappa shape index (κ2) is 27.5. The number of imidazole rings is 1. The van der Waals surface area contributed by atoms with Crippen LogP contribution in [0.25, 0.3) is 23.5 Å². The second-order valence-corrected chi connectivity index (χ2v) is 9.44. The SMILES string of the molecule is CC.CC(C)CCC(C)CC=O.CC/C=c1/[nH]c(-c2cccnc2)n/c1=C/COC.COC.Cc1ccccc1. The number of nitrogens with one attached hydrogen (secondary N) is 1. The van der Waals surface area contributed by atoms with Gasteiger partial charge >= 0.3 is 0 Å². The van der Waals surface area contributed by atoms with Gasteiger partial charge < -0.3 is 19.3 Å². The Labute approximate surface area is 244 Å². The quantitative estimate of drug-likeness (QED) is 0.288. The maximum Gasteiger partial charge on any atom is 0.140 e. The van der Waals surface area contributed by atoms with Gasteiger partial charge in [-0.15, -0.1) is 0 Å². The number of aryl methyl sites for hydroxylation is 1. The van der Waals surface area contributed by atoms with Crippen molar-refractivity contribution in [3.63, 3.8) is 0 Å². The lowest BCUT2D eigenvalue weighted by molar-refractivity contribution is -0.108. The van der Waals surface area contributed by atoms with Crippen LogP contribution in [0.4, 0.5) is 0 Å². The zero-order valence-electron chi connectivity index (χ0n) is 26.7. The molecule has 0 spiro atoms. The van der Waals surface area contributed by atoms with Crippen molar-refractivity contribution >= 4 is 18.4 Å². The third-order valence-corrected chi connectivity index (χ3v) is 5.22. The first kappa shape index (κ1) is 39.1. The van der Waals surface area contributed by atoms with Gasteiger partial charge in [-0.25, -0.2) is 4.98 Å². The highest BCUT2D eigenvalue weighted by molar-refractivity contribution is 5.53. The summed E-state index contributed by atoms with van der Waals surface area (Å²) in [5, 5.41) is 1.96. The van der Waals surface area contributed by atoms with Crippen LogP contribution in [0.15, 0.2) is 54.9 Å². The Kier molecular flexibility index (Phi) is 26.8. The van der Waals surface area contributed by atoms with Gasteiger partial charge in [-0.3, -0.25) is 4.98 Å². The molecule has 224 valence electrons. The maximum atomic E-state index is 10.1. The van der Waals surface area contributed by atoms with Crippen LogP contribution in [0.5, 0.6) is 0 Å². The molecule has 0 aliphatic rings. The number of methoxy groups -OCH3 is 2. The van der Waals surface area contributed by atoms with Crippen molar-refractivity contribution in [3.8, 4) is 11.4 Å². The first-order valence-electron chi connectivity index (χ1n) is 14.3. The van der Waals surface area contributed by atoms with Crippen LogP contribution in [-0.4, -0.2) is 49.2 Å². The van der Waals surface area contributed by atoms with E-state index in [4.69, 9.17) is 4.74 Å².